The first-order valence-corrected chi connectivity index (χ1v) is 10.6. The number of alkyl halides is 3. The van der Waals surface area contributed by atoms with Gasteiger partial charge < -0.3 is 19.3 Å². The number of aryl methyl sites for hydroxylation is 1. The van der Waals surface area contributed by atoms with E-state index in [2.05, 4.69) is 0 Å². The lowest BCUT2D eigenvalue weighted by Crippen LogP contribution is -2.51. The molecule has 6 nitrogen and oxygen atoms in total. The molecule has 1 saturated heterocycles. The molecule has 0 bridgehead atoms. The van der Waals surface area contributed by atoms with Crippen molar-refractivity contribution in [1.82, 2.24) is 9.80 Å². The Morgan fingerprint density at radius 1 is 0.879 bits per heavy atom. The number of hydrogen-bond acceptors (Lipinski definition) is 4. The van der Waals surface area contributed by atoms with Crippen LogP contribution in [0.1, 0.15) is 34.8 Å². The van der Waals surface area contributed by atoms with Crippen molar-refractivity contribution in [2.45, 2.75) is 25.9 Å². The highest BCUT2D eigenvalue weighted by Crippen LogP contribution is 2.29. The van der Waals surface area contributed by atoms with Gasteiger partial charge in [-0.25, -0.2) is 0 Å². The molecular formula is C24H25F3N2O4. The van der Waals surface area contributed by atoms with Crippen molar-refractivity contribution in [2.24, 2.45) is 0 Å². The number of ether oxygens (including phenoxy) is 1. The first-order valence-electron chi connectivity index (χ1n) is 10.6. The maximum atomic E-state index is 12.7. The number of ketones is 1. The molecule has 0 spiro atoms. The summed E-state index contributed by atoms with van der Waals surface area (Å²) < 4.78 is 43.6. The van der Waals surface area contributed by atoms with Gasteiger partial charge in [0, 0.05) is 38.2 Å². The summed E-state index contributed by atoms with van der Waals surface area (Å²) in [6.45, 7) is 2.62. The Morgan fingerprint density at radius 3 is 2.00 bits per heavy atom. The van der Waals surface area contributed by atoms with Crippen LogP contribution in [0.4, 0.5) is 13.2 Å². The minimum absolute atomic E-state index is 0.127. The van der Waals surface area contributed by atoms with Gasteiger partial charge in [-0.2, -0.15) is 13.2 Å². The molecular weight excluding hydrogens is 437 g/mol. The van der Waals surface area contributed by atoms with E-state index in [9.17, 15) is 27.6 Å². The Labute approximate surface area is 189 Å². The zero-order valence-electron chi connectivity index (χ0n) is 18.2. The van der Waals surface area contributed by atoms with Gasteiger partial charge in [0.1, 0.15) is 11.5 Å². The van der Waals surface area contributed by atoms with E-state index in [0.29, 0.717) is 31.7 Å². The van der Waals surface area contributed by atoms with Crippen LogP contribution >= 0.6 is 0 Å². The molecule has 0 aliphatic carbocycles. The predicted octanol–water partition coefficient (Wildman–Crippen LogP) is 3.59. The summed E-state index contributed by atoms with van der Waals surface area (Å²) in [5.74, 6) is 0.0994. The lowest BCUT2D eigenvalue weighted by atomic mass is 10.1. The molecule has 0 unspecified atom stereocenters. The lowest BCUT2D eigenvalue weighted by molar-refractivity contribution is -0.137. The summed E-state index contributed by atoms with van der Waals surface area (Å²) in [4.78, 5) is 39.2. The standard InChI is InChI=1S/C24H25F3N2O4/c1-17(30)2-3-18-4-10-21(11-5-18)33-16-22(31)28-12-14-29(15-13-28)23(32)19-6-8-20(9-7-19)24(25,26)27/h4-11H,2-3,12-16H2,1H3. The van der Waals surface area contributed by atoms with Crippen LogP contribution in [-0.2, 0) is 22.2 Å². The number of hydrogen-bond donors (Lipinski definition) is 0. The monoisotopic (exact) mass is 462 g/mol. The van der Waals surface area contributed by atoms with Gasteiger partial charge in [0.05, 0.1) is 5.56 Å². The van der Waals surface area contributed by atoms with Gasteiger partial charge in [-0.05, 0) is 55.3 Å². The van der Waals surface area contributed by atoms with Gasteiger partial charge in [0.2, 0.25) is 0 Å². The number of piperazine rings is 1. The highest BCUT2D eigenvalue weighted by molar-refractivity contribution is 5.94. The number of amides is 2. The fraction of sp³-hybridized carbons (Fsp3) is 0.375. The predicted molar refractivity (Wildman–Crippen MR) is 115 cm³/mol. The van der Waals surface area contributed by atoms with E-state index in [4.69, 9.17) is 4.74 Å². The number of nitrogens with zero attached hydrogens (tertiary/aromatic N) is 2. The van der Waals surface area contributed by atoms with Crippen molar-refractivity contribution in [1.29, 1.82) is 0 Å². The molecule has 1 aliphatic heterocycles. The van der Waals surface area contributed by atoms with Crippen LogP contribution in [0, 0.1) is 0 Å². The number of rotatable bonds is 7. The summed E-state index contributed by atoms with van der Waals surface area (Å²) in [6.07, 6.45) is -3.32. The molecule has 1 fully saturated rings. The van der Waals surface area contributed by atoms with E-state index in [1.807, 2.05) is 12.1 Å². The molecule has 2 aromatic carbocycles. The van der Waals surface area contributed by atoms with E-state index in [1.54, 1.807) is 24.0 Å². The molecule has 0 saturated carbocycles. The Morgan fingerprint density at radius 2 is 1.45 bits per heavy atom. The second-order valence-corrected chi connectivity index (χ2v) is 7.88. The Hall–Kier alpha value is -3.36. The molecule has 176 valence electrons. The Kier molecular flexibility index (Phi) is 7.73. The van der Waals surface area contributed by atoms with Crippen LogP contribution in [0.2, 0.25) is 0 Å². The maximum Gasteiger partial charge on any atom is 0.416 e. The summed E-state index contributed by atoms with van der Waals surface area (Å²) in [5, 5.41) is 0. The van der Waals surface area contributed by atoms with Crippen molar-refractivity contribution in [3.8, 4) is 5.75 Å². The van der Waals surface area contributed by atoms with Crippen LogP contribution in [0.15, 0.2) is 48.5 Å². The van der Waals surface area contributed by atoms with Crippen molar-refractivity contribution >= 4 is 17.6 Å². The molecule has 1 aliphatic rings. The molecule has 2 aromatic rings. The number of carbonyl (C=O) groups is 3. The maximum absolute atomic E-state index is 12.7. The Balaban J connectivity index is 1.45. The third-order valence-electron chi connectivity index (χ3n) is 5.43. The minimum Gasteiger partial charge on any atom is -0.484 e. The van der Waals surface area contributed by atoms with Crippen molar-refractivity contribution < 1.29 is 32.3 Å². The third kappa shape index (κ3) is 6.81. The summed E-state index contributed by atoms with van der Waals surface area (Å²) in [7, 11) is 0. The summed E-state index contributed by atoms with van der Waals surface area (Å²) in [6, 6.07) is 11.3. The SMILES string of the molecule is CC(=O)CCc1ccc(OCC(=O)N2CCN(C(=O)c3ccc(C(F)(F)F)cc3)CC2)cc1. The van der Waals surface area contributed by atoms with Crippen LogP contribution in [0.5, 0.6) is 5.75 Å². The summed E-state index contributed by atoms with van der Waals surface area (Å²) >= 11 is 0. The van der Waals surface area contributed by atoms with Crippen molar-refractivity contribution in [3.63, 3.8) is 0 Å². The number of halogens is 3. The van der Waals surface area contributed by atoms with Crippen LogP contribution in [-0.4, -0.2) is 60.2 Å². The molecule has 0 aromatic heterocycles. The van der Waals surface area contributed by atoms with Crippen molar-refractivity contribution in [3.05, 3.63) is 65.2 Å². The minimum atomic E-state index is -4.45. The molecule has 0 N–H and O–H groups in total. The van der Waals surface area contributed by atoms with Gasteiger partial charge in [-0.15, -0.1) is 0 Å². The number of Topliss-reactive ketones (excluding diaryl/α,β-unsaturated/α-hetero) is 1. The molecule has 2 amide bonds. The fourth-order valence-corrected chi connectivity index (χ4v) is 3.45. The van der Waals surface area contributed by atoms with Gasteiger partial charge in [0.25, 0.3) is 11.8 Å². The van der Waals surface area contributed by atoms with E-state index in [0.717, 1.165) is 17.7 Å². The van der Waals surface area contributed by atoms with Crippen LogP contribution < -0.4 is 4.74 Å². The van der Waals surface area contributed by atoms with E-state index < -0.39 is 11.7 Å². The number of carbonyl (C=O) groups excluding carboxylic acids is 3. The highest BCUT2D eigenvalue weighted by Gasteiger charge is 2.31. The largest absolute Gasteiger partial charge is 0.484 e. The average Bonchev–Trinajstić information content (AvgIpc) is 2.81. The smallest absolute Gasteiger partial charge is 0.416 e. The van der Waals surface area contributed by atoms with Crippen molar-refractivity contribution in [2.75, 3.05) is 32.8 Å². The van der Waals surface area contributed by atoms with Gasteiger partial charge in [-0.3, -0.25) is 9.59 Å². The molecule has 3 rings (SSSR count). The second kappa shape index (κ2) is 10.5. The third-order valence-corrected chi connectivity index (χ3v) is 5.43. The van der Waals surface area contributed by atoms with Crippen LogP contribution in [0.3, 0.4) is 0 Å². The summed E-state index contributed by atoms with van der Waals surface area (Å²) in [5.41, 5.74) is 0.385. The van der Waals surface area contributed by atoms with E-state index in [-0.39, 0.29) is 42.9 Å². The van der Waals surface area contributed by atoms with E-state index >= 15 is 0 Å². The number of benzene rings is 2. The Bertz CT molecular complexity index is 980. The zero-order valence-corrected chi connectivity index (χ0v) is 18.2. The topological polar surface area (TPSA) is 66.9 Å². The molecule has 33 heavy (non-hydrogen) atoms. The van der Waals surface area contributed by atoms with Gasteiger partial charge in [-0.1, -0.05) is 12.1 Å². The lowest BCUT2D eigenvalue weighted by Gasteiger charge is -2.34. The quantitative estimate of drug-likeness (QED) is 0.631. The van der Waals surface area contributed by atoms with Gasteiger partial charge in [0.15, 0.2) is 6.61 Å². The van der Waals surface area contributed by atoms with E-state index in [1.165, 1.54) is 17.0 Å². The molecule has 0 radical (unpaired) electrons. The second-order valence-electron chi connectivity index (χ2n) is 7.88. The molecule has 1 heterocycles. The van der Waals surface area contributed by atoms with Gasteiger partial charge >= 0.3 is 6.18 Å². The highest BCUT2D eigenvalue weighted by atomic mass is 19.4. The fourth-order valence-electron chi connectivity index (χ4n) is 3.45. The normalized spacial score (nSPS) is 14.2. The first-order chi connectivity index (χ1) is 15.6. The first kappa shape index (κ1) is 24.3. The molecule has 9 heteroatoms. The molecule has 0 atom stereocenters. The zero-order chi connectivity index (χ0) is 24.0. The van der Waals surface area contributed by atoms with Crippen LogP contribution in [0.25, 0.3) is 0 Å². The average molecular weight is 462 g/mol.